The zero-order valence-corrected chi connectivity index (χ0v) is 29.9. The summed E-state index contributed by atoms with van der Waals surface area (Å²) in [7, 11) is 0. The third-order valence-electron chi connectivity index (χ3n) is 8.87. The fraction of sp³-hybridized carbons (Fsp3) is 0.541. The molecule has 0 heterocycles. The maximum absolute atomic E-state index is 14.7. The minimum absolute atomic E-state index is 0.0887. The molecule has 9 atom stereocenters. The molecule has 0 amide bonds. The zero-order valence-electron chi connectivity index (χ0n) is 29.9. The highest BCUT2D eigenvalue weighted by atomic mass is 16.6. The van der Waals surface area contributed by atoms with E-state index in [0.717, 1.165) is 34.6 Å². The van der Waals surface area contributed by atoms with Crippen LogP contribution in [0.15, 0.2) is 54.6 Å². The van der Waals surface area contributed by atoms with E-state index in [9.17, 15) is 33.6 Å². The van der Waals surface area contributed by atoms with Gasteiger partial charge in [-0.2, -0.15) is 0 Å². The highest BCUT2D eigenvalue weighted by molar-refractivity contribution is 5.94. The van der Waals surface area contributed by atoms with Crippen LogP contribution in [-0.4, -0.2) is 77.7 Å². The molecule has 50 heavy (non-hydrogen) atoms. The Morgan fingerprint density at radius 2 is 1.26 bits per heavy atom. The molecule has 1 aromatic carbocycles. The van der Waals surface area contributed by atoms with E-state index in [2.05, 4.69) is 6.58 Å². The van der Waals surface area contributed by atoms with Crippen LogP contribution in [0.1, 0.15) is 79.1 Å². The van der Waals surface area contributed by atoms with Gasteiger partial charge in [0.25, 0.3) is 0 Å². The fourth-order valence-corrected chi connectivity index (χ4v) is 6.92. The van der Waals surface area contributed by atoms with Gasteiger partial charge in [-0.05, 0) is 18.1 Å². The number of benzene rings is 1. The normalized spacial score (nSPS) is 30.7. The number of fused-ring (bicyclic) bond motifs is 1. The summed E-state index contributed by atoms with van der Waals surface area (Å²) in [6.45, 7) is 16.3. The maximum Gasteiger partial charge on any atom is 0.338 e. The molecule has 0 radical (unpaired) electrons. The van der Waals surface area contributed by atoms with Crippen LogP contribution in [-0.2, 0) is 57.2 Å². The Labute approximate surface area is 291 Å². The van der Waals surface area contributed by atoms with Gasteiger partial charge in [-0.15, -0.1) is 0 Å². The van der Waals surface area contributed by atoms with E-state index in [1.165, 1.54) is 18.2 Å². The van der Waals surface area contributed by atoms with E-state index < -0.39 is 101 Å². The number of ether oxygens (including phenoxy) is 6. The van der Waals surface area contributed by atoms with E-state index in [-0.39, 0.29) is 17.6 Å². The molecule has 2 aliphatic carbocycles. The lowest BCUT2D eigenvalue weighted by atomic mass is 9.72. The number of ketones is 1. The summed E-state index contributed by atoms with van der Waals surface area (Å²) in [5, 5.41) is 0. The second-order valence-electron chi connectivity index (χ2n) is 13.5. The van der Waals surface area contributed by atoms with Gasteiger partial charge in [0, 0.05) is 57.9 Å². The average molecular weight is 699 g/mol. The molecule has 1 aromatic rings. The molecule has 272 valence electrons. The summed E-state index contributed by atoms with van der Waals surface area (Å²) in [6.07, 6.45) is -4.63. The van der Waals surface area contributed by atoms with Crippen molar-refractivity contribution in [3.63, 3.8) is 0 Å². The minimum Gasteiger partial charge on any atom is -0.462 e. The van der Waals surface area contributed by atoms with Crippen LogP contribution in [0.3, 0.4) is 0 Å². The average Bonchev–Trinajstić information content (AvgIpc) is 3.27. The van der Waals surface area contributed by atoms with Crippen molar-refractivity contribution in [3.05, 3.63) is 60.2 Å². The van der Waals surface area contributed by atoms with Gasteiger partial charge in [0.2, 0.25) is 0 Å². The largest absolute Gasteiger partial charge is 0.462 e. The van der Waals surface area contributed by atoms with Crippen LogP contribution >= 0.6 is 0 Å². The molecular formula is C37H46O13. The quantitative estimate of drug-likeness (QED) is 0.225. The van der Waals surface area contributed by atoms with E-state index >= 15 is 0 Å². The van der Waals surface area contributed by atoms with Crippen molar-refractivity contribution in [3.8, 4) is 0 Å². The van der Waals surface area contributed by atoms with E-state index in [4.69, 9.17) is 28.4 Å². The Morgan fingerprint density at radius 3 is 1.78 bits per heavy atom. The lowest BCUT2D eigenvalue weighted by Crippen LogP contribution is -2.59. The van der Waals surface area contributed by atoms with Crippen molar-refractivity contribution in [2.24, 2.45) is 23.2 Å². The van der Waals surface area contributed by atoms with E-state index in [1.54, 1.807) is 52.0 Å². The molecule has 0 saturated heterocycles. The number of allylic oxidation sites excluding steroid dienone is 1. The molecule has 2 aliphatic rings. The van der Waals surface area contributed by atoms with Crippen LogP contribution in [0.4, 0.5) is 0 Å². The Bertz CT molecular complexity index is 1540. The smallest absolute Gasteiger partial charge is 0.338 e. The Morgan fingerprint density at radius 1 is 0.720 bits per heavy atom. The number of hydrogen-bond acceptors (Lipinski definition) is 13. The Balaban J connectivity index is 2.50. The van der Waals surface area contributed by atoms with Crippen molar-refractivity contribution in [2.75, 3.05) is 0 Å². The molecule has 13 heteroatoms. The predicted molar refractivity (Wildman–Crippen MR) is 176 cm³/mol. The number of rotatable bonds is 7. The van der Waals surface area contributed by atoms with Crippen molar-refractivity contribution in [1.82, 2.24) is 0 Å². The van der Waals surface area contributed by atoms with Crippen molar-refractivity contribution in [1.29, 1.82) is 0 Å². The molecule has 9 unspecified atom stereocenters. The molecule has 1 fully saturated rings. The fourth-order valence-electron chi connectivity index (χ4n) is 6.92. The monoisotopic (exact) mass is 698 g/mol. The van der Waals surface area contributed by atoms with Gasteiger partial charge in [-0.3, -0.25) is 28.8 Å². The molecule has 0 aliphatic heterocycles. The van der Waals surface area contributed by atoms with E-state index in [0.29, 0.717) is 0 Å². The van der Waals surface area contributed by atoms with Gasteiger partial charge in [0.1, 0.15) is 12.2 Å². The van der Waals surface area contributed by atoms with Crippen LogP contribution in [0.2, 0.25) is 0 Å². The first-order chi connectivity index (χ1) is 23.2. The molecule has 13 nitrogen and oxygen atoms in total. The predicted octanol–water partition coefficient (Wildman–Crippen LogP) is 4.25. The van der Waals surface area contributed by atoms with Gasteiger partial charge in [0.05, 0.1) is 11.5 Å². The number of carbonyl (C=O) groups is 7. The molecule has 3 rings (SSSR count). The number of hydrogen-bond donors (Lipinski definition) is 0. The Hall–Kier alpha value is -4.81. The second-order valence-corrected chi connectivity index (χ2v) is 13.5. The third kappa shape index (κ3) is 8.85. The molecule has 1 saturated carbocycles. The van der Waals surface area contributed by atoms with E-state index in [1.807, 2.05) is 0 Å². The SMILES string of the molecule is C=C1C(OC(=O)c2ccccc2)C(OC(C)=O)C(OC(C)=O)C(C)(C)C=CC(C)C(=O)C2(OC(C)=O)CC(C)C(OC(C)=O)C2C1OC(C)=O. The van der Waals surface area contributed by atoms with Gasteiger partial charge in [-0.1, -0.05) is 64.6 Å². The van der Waals surface area contributed by atoms with Gasteiger partial charge in [0.15, 0.2) is 29.7 Å². The molecule has 0 N–H and O–H groups in total. The van der Waals surface area contributed by atoms with Gasteiger partial charge >= 0.3 is 35.8 Å². The summed E-state index contributed by atoms with van der Waals surface area (Å²) in [6, 6.07) is 7.82. The first-order valence-corrected chi connectivity index (χ1v) is 16.3. The minimum atomic E-state index is -2.05. The van der Waals surface area contributed by atoms with Crippen LogP contribution in [0, 0.1) is 23.2 Å². The van der Waals surface area contributed by atoms with Crippen molar-refractivity contribution >= 4 is 41.6 Å². The second kappa shape index (κ2) is 15.8. The molecular weight excluding hydrogens is 652 g/mol. The van der Waals surface area contributed by atoms with Crippen LogP contribution in [0.25, 0.3) is 0 Å². The highest BCUT2D eigenvalue weighted by Gasteiger charge is 2.66. The lowest BCUT2D eigenvalue weighted by molar-refractivity contribution is -0.190. The summed E-state index contributed by atoms with van der Waals surface area (Å²) in [4.78, 5) is 92.0. The summed E-state index contributed by atoms with van der Waals surface area (Å²) in [5.74, 6) is -8.62. The first kappa shape index (κ1) is 39.6. The van der Waals surface area contributed by atoms with Gasteiger partial charge in [-0.25, -0.2) is 4.79 Å². The van der Waals surface area contributed by atoms with Gasteiger partial charge < -0.3 is 28.4 Å². The summed E-state index contributed by atoms with van der Waals surface area (Å²) < 4.78 is 35.2. The molecule has 0 bridgehead atoms. The summed E-state index contributed by atoms with van der Waals surface area (Å²) in [5.41, 5.74) is -3.43. The van der Waals surface area contributed by atoms with Crippen LogP contribution in [0.5, 0.6) is 0 Å². The maximum atomic E-state index is 14.7. The highest BCUT2D eigenvalue weighted by Crippen LogP contribution is 2.51. The lowest BCUT2D eigenvalue weighted by Gasteiger charge is -2.44. The number of Topliss-reactive ketones (excluding diaryl/α,β-unsaturated/α-hetero) is 1. The Kier molecular flexibility index (Phi) is 12.5. The standard InChI is InChI=1S/C37H46O13/c1-19-16-17-36(9,10)34(48-25(7)41)32(47-24(6)40)31(49-35(44)27-14-12-11-13-15-27)21(3)30(46-23(5)39)28-29(45-22(4)38)20(2)18-37(28,33(19)43)50-26(8)42/h11-17,19-20,28-32,34H,3,18H2,1-2,4-10H3. The summed E-state index contributed by atoms with van der Waals surface area (Å²) >= 11 is 0. The molecule has 0 spiro atoms. The third-order valence-corrected chi connectivity index (χ3v) is 8.87. The number of carbonyl (C=O) groups excluding carboxylic acids is 7. The van der Waals surface area contributed by atoms with Crippen LogP contribution < -0.4 is 0 Å². The first-order valence-electron chi connectivity index (χ1n) is 16.3. The zero-order chi connectivity index (χ0) is 37.7. The van der Waals surface area contributed by atoms with Crippen molar-refractivity contribution < 1.29 is 62.0 Å². The van der Waals surface area contributed by atoms with Crippen molar-refractivity contribution in [2.45, 2.75) is 105 Å². The number of esters is 6. The topological polar surface area (TPSA) is 175 Å². The molecule has 0 aromatic heterocycles.